The summed E-state index contributed by atoms with van der Waals surface area (Å²) in [6, 6.07) is 0. The fourth-order valence-electron chi connectivity index (χ4n) is 1.55. The molecule has 64 valence electrons. The zero-order valence-corrected chi connectivity index (χ0v) is 7.51. The molecule has 1 N–H and O–H groups in total. The quantitative estimate of drug-likeness (QED) is 0.606. The van der Waals surface area contributed by atoms with Crippen LogP contribution >= 0.6 is 0 Å². The molecule has 0 saturated carbocycles. The second-order valence-electron chi connectivity index (χ2n) is 3.52. The third-order valence-electron chi connectivity index (χ3n) is 2.66. The largest absolute Gasteiger partial charge is 0.393 e. The Labute approximate surface area is 69.1 Å². The van der Waals surface area contributed by atoms with Crippen molar-refractivity contribution in [3.8, 4) is 0 Å². The van der Waals surface area contributed by atoms with Crippen molar-refractivity contribution < 1.29 is 5.11 Å². The van der Waals surface area contributed by atoms with Crippen molar-refractivity contribution in [3.63, 3.8) is 0 Å². The van der Waals surface area contributed by atoms with Gasteiger partial charge >= 0.3 is 0 Å². The van der Waals surface area contributed by atoms with Crippen LogP contribution in [0.4, 0.5) is 0 Å². The van der Waals surface area contributed by atoms with Gasteiger partial charge in [0.2, 0.25) is 0 Å². The molecule has 0 spiro atoms. The number of hydrogen-bond donors (Lipinski definition) is 1. The van der Waals surface area contributed by atoms with Crippen LogP contribution in [0.2, 0.25) is 0 Å². The van der Waals surface area contributed by atoms with Crippen molar-refractivity contribution >= 4 is 0 Å². The van der Waals surface area contributed by atoms with Crippen molar-refractivity contribution in [2.75, 3.05) is 0 Å². The van der Waals surface area contributed by atoms with E-state index in [2.05, 4.69) is 19.9 Å². The Morgan fingerprint density at radius 3 is 2.91 bits per heavy atom. The highest BCUT2D eigenvalue weighted by Gasteiger charge is 2.14. The first-order valence-corrected chi connectivity index (χ1v) is 4.61. The minimum Gasteiger partial charge on any atom is -0.393 e. The van der Waals surface area contributed by atoms with Gasteiger partial charge in [0.05, 0.1) is 6.10 Å². The Kier molecular flexibility index (Phi) is 3.13. The predicted octanol–water partition coefficient (Wildman–Crippen LogP) is 2.50. The van der Waals surface area contributed by atoms with Crippen molar-refractivity contribution in [3.05, 3.63) is 11.6 Å². The summed E-state index contributed by atoms with van der Waals surface area (Å²) in [6.45, 7) is 4.49. The minimum absolute atomic E-state index is 0.0668. The van der Waals surface area contributed by atoms with Crippen LogP contribution in [0.25, 0.3) is 0 Å². The lowest BCUT2D eigenvalue weighted by Gasteiger charge is -2.21. The first kappa shape index (κ1) is 8.79. The fraction of sp³-hybridized carbons (Fsp3) is 0.800. The van der Waals surface area contributed by atoms with Gasteiger partial charge in [-0.25, -0.2) is 0 Å². The summed E-state index contributed by atoms with van der Waals surface area (Å²) in [5.41, 5.74) is 1.55. The topological polar surface area (TPSA) is 20.2 Å². The van der Waals surface area contributed by atoms with E-state index in [-0.39, 0.29) is 6.10 Å². The molecule has 0 aromatic heterocycles. The molecule has 0 radical (unpaired) electrons. The summed E-state index contributed by atoms with van der Waals surface area (Å²) < 4.78 is 0. The lowest BCUT2D eigenvalue weighted by atomic mass is 9.88. The molecule has 0 saturated heterocycles. The molecule has 0 amide bonds. The van der Waals surface area contributed by atoms with Crippen molar-refractivity contribution in [1.82, 2.24) is 0 Å². The zero-order valence-electron chi connectivity index (χ0n) is 7.51. The molecule has 1 rings (SSSR count). The summed E-state index contributed by atoms with van der Waals surface area (Å²) in [7, 11) is 0. The van der Waals surface area contributed by atoms with E-state index in [0.29, 0.717) is 0 Å². The number of hydrogen-bond acceptors (Lipinski definition) is 1. The Morgan fingerprint density at radius 2 is 2.45 bits per heavy atom. The van der Waals surface area contributed by atoms with Gasteiger partial charge < -0.3 is 5.11 Å². The van der Waals surface area contributed by atoms with Gasteiger partial charge in [-0.2, -0.15) is 0 Å². The Morgan fingerprint density at radius 1 is 1.73 bits per heavy atom. The molecule has 0 aromatic carbocycles. The van der Waals surface area contributed by atoms with Crippen LogP contribution in [-0.2, 0) is 0 Å². The van der Waals surface area contributed by atoms with Gasteiger partial charge in [0.15, 0.2) is 0 Å². The lowest BCUT2D eigenvalue weighted by Crippen LogP contribution is -2.13. The average molecular weight is 154 g/mol. The van der Waals surface area contributed by atoms with Crippen LogP contribution in [0.1, 0.15) is 39.5 Å². The Balaban J connectivity index is 2.47. The number of rotatable bonds is 2. The van der Waals surface area contributed by atoms with E-state index in [4.69, 9.17) is 0 Å². The SMILES string of the molecule is CCC(C)C1=CCC(O)CC1. The maximum Gasteiger partial charge on any atom is 0.0577 e. The van der Waals surface area contributed by atoms with Crippen LogP contribution in [0.15, 0.2) is 11.6 Å². The van der Waals surface area contributed by atoms with Gasteiger partial charge in [-0.15, -0.1) is 0 Å². The highest BCUT2D eigenvalue weighted by atomic mass is 16.3. The van der Waals surface area contributed by atoms with E-state index >= 15 is 0 Å². The molecule has 1 aliphatic carbocycles. The normalized spacial score (nSPS) is 27.9. The van der Waals surface area contributed by atoms with E-state index in [1.165, 1.54) is 6.42 Å². The summed E-state index contributed by atoms with van der Waals surface area (Å²) in [5.74, 6) is 0.725. The van der Waals surface area contributed by atoms with Crippen LogP contribution < -0.4 is 0 Å². The molecule has 0 bridgehead atoms. The maximum absolute atomic E-state index is 9.24. The molecule has 1 heteroatoms. The van der Waals surface area contributed by atoms with Crippen LogP contribution in [0.5, 0.6) is 0 Å². The van der Waals surface area contributed by atoms with Crippen molar-refractivity contribution in [2.45, 2.75) is 45.6 Å². The minimum atomic E-state index is -0.0668. The van der Waals surface area contributed by atoms with Crippen LogP contribution in [0, 0.1) is 5.92 Å². The number of allylic oxidation sites excluding steroid dienone is 1. The molecule has 11 heavy (non-hydrogen) atoms. The predicted molar refractivity (Wildman–Crippen MR) is 47.4 cm³/mol. The summed E-state index contributed by atoms with van der Waals surface area (Å²) in [4.78, 5) is 0. The van der Waals surface area contributed by atoms with Crippen LogP contribution in [0.3, 0.4) is 0 Å². The standard InChI is InChI=1S/C10H18O/c1-3-8(2)9-4-6-10(11)7-5-9/h4,8,10-11H,3,5-7H2,1-2H3. The molecule has 0 fully saturated rings. The van der Waals surface area contributed by atoms with Gasteiger partial charge in [0.25, 0.3) is 0 Å². The monoisotopic (exact) mass is 154 g/mol. The first-order chi connectivity index (χ1) is 5.24. The van der Waals surface area contributed by atoms with E-state index < -0.39 is 0 Å². The van der Waals surface area contributed by atoms with E-state index in [0.717, 1.165) is 25.2 Å². The summed E-state index contributed by atoms with van der Waals surface area (Å²) >= 11 is 0. The van der Waals surface area contributed by atoms with Crippen molar-refractivity contribution in [2.24, 2.45) is 5.92 Å². The fourth-order valence-corrected chi connectivity index (χ4v) is 1.55. The highest BCUT2D eigenvalue weighted by Crippen LogP contribution is 2.25. The van der Waals surface area contributed by atoms with Gasteiger partial charge in [-0.3, -0.25) is 0 Å². The zero-order chi connectivity index (χ0) is 8.27. The van der Waals surface area contributed by atoms with E-state index in [1.54, 1.807) is 5.57 Å². The van der Waals surface area contributed by atoms with Gasteiger partial charge in [0, 0.05) is 0 Å². The second kappa shape index (κ2) is 3.91. The maximum atomic E-state index is 9.24. The summed E-state index contributed by atoms with van der Waals surface area (Å²) in [5, 5.41) is 9.24. The van der Waals surface area contributed by atoms with Crippen LogP contribution in [-0.4, -0.2) is 11.2 Å². The third-order valence-corrected chi connectivity index (χ3v) is 2.66. The second-order valence-corrected chi connectivity index (χ2v) is 3.52. The van der Waals surface area contributed by atoms with Gasteiger partial charge in [0.1, 0.15) is 0 Å². The van der Waals surface area contributed by atoms with E-state index in [9.17, 15) is 5.11 Å². The summed E-state index contributed by atoms with van der Waals surface area (Å²) in [6.07, 6.45) is 6.33. The third kappa shape index (κ3) is 2.33. The van der Waals surface area contributed by atoms with Gasteiger partial charge in [-0.05, 0) is 31.6 Å². The molecule has 0 heterocycles. The lowest BCUT2D eigenvalue weighted by molar-refractivity contribution is 0.160. The smallest absolute Gasteiger partial charge is 0.0577 e. The Hall–Kier alpha value is -0.300. The number of aliphatic hydroxyl groups excluding tert-OH is 1. The average Bonchev–Trinajstić information content (AvgIpc) is 2.05. The molecule has 0 aromatic rings. The van der Waals surface area contributed by atoms with Gasteiger partial charge in [-0.1, -0.05) is 25.5 Å². The molecular formula is C10H18O. The molecule has 2 atom stereocenters. The molecule has 2 unspecified atom stereocenters. The first-order valence-electron chi connectivity index (χ1n) is 4.61. The van der Waals surface area contributed by atoms with E-state index in [1.807, 2.05) is 0 Å². The van der Waals surface area contributed by atoms with Crippen molar-refractivity contribution in [1.29, 1.82) is 0 Å². The molecular weight excluding hydrogens is 136 g/mol. The number of aliphatic hydroxyl groups is 1. The molecule has 1 aliphatic rings. The Bertz CT molecular complexity index is 149. The molecule has 1 nitrogen and oxygen atoms in total. The molecule has 0 aliphatic heterocycles. The highest BCUT2D eigenvalue weighted by molar-refractivity contribution is 5.09.